The number of fused-ring (bicyclic) bond motifs is 1. The second-order valence-electron chi connectivity index (χ2n) is 5.11. The Morgan fingerprint density at radius 3 is 2.15 bits per heavy atom. The van der Waals surface area contributed by atoms with Gasteiger partial charge in [-0.05, 0) is 36.4 Å². The third-order valence-corrected chi connectivity index (χ3v) is 3.71. The molecule has 2 aromatic carbocycles. The van der Waals surface area contributed by atoms with Gasteiger partial charge in [0, 0.05) is 11.1 Å². The highest BCUT2D eigenvalue weighted by atomic mass is 35.6. The number of anilines is 2. The second kappa shape index (κ2) is 6.98. The summed E-state index contributed by atoms with van der Waals surface area (Å²) < 4.78 is 38.7. The fourth-order valence-electron chi connectivity index (χ4n) is 2.18. The number of para-hydroxylation sites is 1. The lowest BCUT2D eigenvalue weighted by Crippen LogP contribution is -2.17. The van der Waals surface area contributed by atoms with Crippen molar-refractivity contribution in [2.75, 3.05) is 5.32 Å². The summed E-state index contributed by atoms with van der Waals surface area (Å²) in [7, 11) is 0. The molecule has 0 saturated carbocycles. The Balaban J connectivity index is 1.95. The first kappa shape index (κ1) is 18.8. The first-order chi connectivity index (χ1) is 12.1. The van der Waals surface area contributed by atoms with Crippen molar-refractivity contribution in [3.05, 3.63) is 54.4 Å². The van der Waals surface area contributed by atoms with E-state index in [1.54, 1.807) is 24.3 Å². The van der Waals surface area contributed by atoms with Crippen LogP contribution in [0.1, 0.15) is 5.82 Å². The van der Waals surface area contributed by atoms with Crippen molar-refractivity contribution >= 4 is 57.2 Å². The standard InChI is InChI=1S/C16H9Cl3F3N3O/c17-15(18,19)14-24-12-4-2-1-3-11(12)13(25-14)23-9-5-7-10(8-6-9)26-16(20,21)22/h1-8H,(H,23,24,25). The number of ether oxygens (including phenoxy) is 1. The lowest BCUT2D eigenvalue weighted by Gasteiger charge is -2.15. The van der Waals surface area contributed by atoms with Crippen LogP contribution in [0, 0.1) is 0 Å². The summed E-state index contributed by atoms with van der Waals surface area (Å²) in [6.07, 6.45) is -4.75. The van der Waals surface area contributed by atoms with Gasteiger partial charge < -0.3 is 10.1 Å². The quantitative estimate of drug-likeness (QED) is 0.518. The fraction of sp³-hybridized carbons (Fsp3) is 0.125. The Morgan fingerprint density at radius 2 is 1.54 bits per heavy atom. The largest absolute Gasteiger partial charge is 0.573 e. The highest BCUT2D eigenvalue weighted by molar-refractivity contribution is 6.66. The molecular weight excluding hydrogens is 414 g/mol. The predicted molar refractivity (Wildman–Crippen MR) is 95.2 cm³/mol. The summed E-state index contributed by atoms with van der Waals surface area (Å²) in [5.74, 6) is -0.0142. The molecule has 136 valence electrons. The number of halogens is 6. The molecule has 0 fully saturated rings. The Bertz CT molecular complexity index is 928. The highest BCUT2D eigenvalue weighted by Crippen LogP contribution is 2.38. The summed E-state index contributed by atoms with van der Waals surface area (Å²) in [5, 5.41) is 3.64. The molecule has 0 aliphatic heterocycles. The molecule has 0 aliphatic carbocycles. The van der Waals surface area contributed by atoms with Crippen molar-refractivity contribution in [3.8, 4) is 5.75 Å². The summed E-state index contributed by atoms with van der Waals surface area (Å²) in [4.78, 5) is 8.43. The maximum Gasteiger partial charge on any atom is 0.573 e. The Hall–Kier alpha value is -1.96. The molecule has 1 N–H and O–H groups in total. The van der Waals surface area contributed by atoms with Crippen LogP contribution < -0.4 is 10.1 Å². The normalized spacial score (nSPS) is 12.2. The number of hydrogen-bond donors (Lipinski definition) is 1. The number of nitrogens with one attached hydrogen (secondary N) is 1. The minimum atomic E-state index is -4.75. The predicted octanol–water partition coefficient (Wildman–Crippen LogP) is 6.10. The van der Waals surface area contributed by atoms with Gasteiger partial charge in [-0.25, -0.2) is 9.97 Å². The van der Waals surface area contributed by atoms with Gasteiger partial charge in [0.2, 0.25) is 3.79 Å². The van der Waals surface area contributed by atoms with Gasteiger partial charge in [-0.15, -0.1) is 13.2 Å². The third kappa shape index (κ3) is 4.60. The van der Waals surface area contributed by atoms with Gasteiger partial charge in [-0.1, -0.05) is 46.9 Å². The lowest BCUT2D eigenvalue weighted by molar-refractivity contribution is -0.274. The van der Waals surface area contributed by atoms with Crippen LogP contribution in [0.3, 0.4) is 0 Å². The monoisotopic (exact) mass is 421 g/mol. The Labute approximate surface area is 160 Å². The van der Waals surface area contributed by atoms with Crippen molar-refractivity contribution in [3.63, 3.8) is 0 Å². The van der Waals surface area contributed by atoms with Crippen LogP contribution in [0.2, 0.25) is 0 Å². The van der Waals surface area contributed by atoms with Crippen LogP contribution in [-0.2, 0) is 3.79 Å². The molecule has 0 bridgehead atoms. The SMILES string of the molecule is FC(F)(F)Oc1ccc(Nc2nc(C(Cl)(Cl)Cl)nc3ccccc23)cc1. The van der Waals surface area contributed by atoms with Crippen molar-refractivity contribution in [2.24, 2.45) is 0 Å². The molecule has 0 atom stereocenters. The van der Waals surface area contributed by atoms with Crippen LogP contribution in [0.4, 0.5) is 24.7 Å². The summed E-state index contributed by atoms with van der Waals surface area (Å²) in [6, 6.07) is 12.2. The van der Waals surface area contributed by atoms with Crippen molar-refractivity contribution in [1.29, 1.82) is 0 Å². The van der Waals surface area contributed by atoms with Crippen LogP contribution >= 0.6 is 34.8 Å². The van der Waals surface area contributed by atoms with Crippen molar-refractivity contribution < 1.29 is 17.9 Å². The molecule has 0 saturated heterocycles. The lowest BCUT2D eigenvalue weighted by atomic mass is 10.2. The van der Waals surface area contributed by atoms with E-state index in [4.69, 9.17) is 34.8 Å². The maximum absolute atomic E-state index is 12.2. The van der Waals surface area contributed by atoms with E-state index in [0.29, 0.717) is 22.4 Å². The van der Waals surface area contributed by atoms with Gasteiger partial charge in [-0.2, -0.15) is 0 Å². The summed E-state index contributed by atoms with van der Waals surface area (Å²) in [6.45, 7) is 0. The molecule has 0 amide bonds. The average Bonchev–Trinajstić information content (AvgIpc) is 2.54. The Morgan fingerprint density at radius 1 is 0.885 bits per heavy atom. The highest BCUT2D eigenvalue weighted by Gasteiger charge is 2.31. The van der Waals surface area contributed by atoms with Crippen LogP contribution in [0.15, 0.2) is 48.5 Å². The molecule has 0 aliphatic rings. The van der Waals surface area contributed by atoms with E-state index in [2.05, 4.69) is 20.0 Å². The number of benzene rings is 2. The minimum absolute atomic E-state index is 0.0271. The van der Waals surface area contributed by atoms with Crippen LogP contribution in [0.25, 0.3) is 10.9 Å². The second-order valence-corrected chi connectivity index (χ2v) is 7.39. The fourth-order valence-corrected chi connectivity index (χ4v) is 2.43. The number of hydrogen-bond acceptors (Lipinski definition) is 4. The van der Waals surface area contributed by atoms with Gasteiger partial charge >= 0.3 is 6.36 Å². The number of alkyl halides is 6. The van der Waals surface area contributed by atoms with Gasteiger partial charge in [0.15, 0.2) is 5.82 Å². The van der Waals surface area contributed by atoms with Gasteiger partial charge in [0.1, 0.15) is 11.6 Å². The van der Waals surface area contributed by atoms with Crippen LogP contribution in [-0.4, -0.2) is 16.3 Å². The van der Waals surface area contributed by atoms with Crippen LogP contribution in [0.5, 0.6) is 5.75 Å². The molecule has 3 aromatic rings. The summed E-state index contributed by atoms with van der Waals surface area (Å²) in [5.41, 5.74) is 1.02. The topological polar surface area (TPSA) is 47.0 Å². The minimum Gasteiger partial charge on any atom is -0.406 e. The molecule has 0 spiro atoms. The van der Waals surface area contributed by atoms with E-state index in [1.165, 1.54) is 24.3 Å². The van der Waals surface area contributed by atoms with Crippen molar-refractivity contribution in [1.82, 2.24) is 9.97 Å². The zero-order valence-corrected chi connectivity index (χ0v) is 15.0. The van der Waals surface area contributed by atoms with E-state index >= 15 is 0 Å². The van der Waals surface area contributed by atoms with E-state index in [1.807, 2.05) is 0 Å². The number of rotatable bonds is 3. The van der Waals surface area contributed by atoms with Gasteiger partial charge in [0.05, 0.1) is 5.52 Å². The first-order valence-electron chi connectivity index (χ1n) is 7.09. The zero-order valence-electron chi connectivity index (χ0n) is 12.7. The third-order valence-electron chi connectivity index (χ3n) is 3.21. The molecule has 10 heteroatoms. The van der Waals surface area contributed by atoms with E-state index in [-0.39, 0.29) is 11.6 Å². The maximum atomic E-state index is 12.2. The molecule has 3 rings (SSSR count). The number of aromatic nitrogens is 2. The molecule has 0 radical (unpaired) electrons. The molecule has 1 aromatic heterocycles. The zero-order chi connectivity index (χ0) is 18.9. The average molecular weight is 423 g/mol. The first-order valence-corrected chi connectivity index (χ1v) is 8.22. The van der Waals surface area contributed by atoms with Gasteiger partial charge in [-0.3, -0.25) is 0 Å². The Kier molecular flexibility index (Phi) is 5.05. The number of nitrogens with zero attached hydrogens (tertiary/aromatic N) is 2. The van der Waals surface area contributed by atoms with E-state index in [0.717, 1.165) is 0 Å². The van der Waals surface area contributed by atoms with E-state index < -0.39 is 10.2 Å². The molecule has 0 unspecified atom stereocenters. The smallest absolute Gasteiger partial charge is 0.406 e. The van der Waals surface area contributed by atoms with Crippen molar-refractivity contribution in [2.45, 2.75) is 10.2 Å². The van der Waals surface area contributed by atoms with E-state index in [9.17, 15) is 13.2 Å². The summed E-state index contributed by atoms with van der Waals surface area (Å²) >= 11 is 17.6. The molecule has 1 heterocycles. The molecular formula is C16H9Cl3F3N3O. The molecule has 26 heavy (non-hydrogen) atoms. The van der Waals surface area contributed by atoms with Gasteiger partial charge in [0.25, 0.3) is 0 Å². The molecule has 4 nitrogen and oxygen atoms in total.